The second kappa shape index (κ2) is 14.2. The minimum absolute atomic E-state index is 0.0421. The summed E-state index contributed by atoms with van der Waals surface area (Å²) in [6, 6.07) is 0. The summed E-state index contributed by atoms with van der Waals surface area (Å²) in [7, 11) is 0. The second-order valence-electron chi connectivity index (χ2n) is 20.7. The van der Waals surface area contributed by atoms with E-state index >= 15 is 0 Å². The third kappa shape index (κ3) is 6.17. The average Bonchev–Trinajstić information content (AvgIpc) is 3.12. The highest BCUT2D eigenvalue weighted by Gasteiger charge is 2.70. The molecule has 2 heterocycles. The Morgan fingerprint density at radius 3 is 2.11 bits per heavy atom. The highest BCUT2D eigenvalue weighted by molar-refractivity contribution is 5.79. The van der Waals surface area contributed by atoms with Crippen LogP contribution in [0.15, 0.2) is 11.6 Å². The van der Waals surface area contributed by atoms with E-state index in [1.54, 1.807) is 0 Å². The first kappa shape index (κ1) is 42.4. The molecule has 4 saturated carbocycles. The van der Waals surface area contributed by atoms with Crippen molar-refractivity contribution in [1.82, 2.24) is 0 Å². The van der Waals surface area contributed by atoms with Gasteiger partial charge in [0.15, 0.2) is 18.5 Å². The minimum Gasteiger partial charge on any atom is -0.479 e. The maximum absolute atomic E-state index is 15.0. The maximum atomic E-state index is 15.0. The van der Waals surface area contributed by atoms with E-state index in [9.17, 15) is 50.4 Å². The number of carboxylic acids is 1. The van der Waals surface area contributed by atoms with Crippen LogP contribution >= 0.6 is 0 Å². The van der Waals surface area contributed by atoms with E-state index in [-0.39, 0.29) is 39.1 Å². The lowest BCUT2D eigenvalue weighted by atomic mass is 9.33. The van der Waals surface area contributed by atoms with Gasteiger partial charge in [0.25, 0.3) is 0 Å². The largest absolute Gasteiger partial charge is 0.479 e. The fourth-order valence-electron chi connectivity index (χ4n) is 13.4. The summed E-state index contributed by atoms with van der Waals surface area (Å²) in [6.45, 7) is 15.4. The van der Waals surface area contributed by atoms with Gasteiger partial charge in [0.2, 0.25) is 6.29 Å². The predicted octanol–water partition coefficient (Wildman–Crippen LogP) is 2.41. The highest BCUT2D eigenvalue weighted by atomic mass is 16.8. The number of hydrogen-bond donors (Lipinski definition) is 8. The number of allylic oxidation sites excluding steroid dienone is 2. The molecule has 6 fully saturated rings. The minimum atomic E-state index is -2.04. The quantitative estimate of drug-likeness (QED) is 0.143. The molecule has 318 valence electrons. The van der Waals surface area contributed by atoms with E-state index in [4.69, 9.17) is 18.9 Å². The summed E-state index contributed by atoms with van der Waals surface area (Å²) >= 11 is 0. The Balaban J connectivity index is 1.22. The summed E-state index contributed by atoms with van der Waals surface area (Å²) in [5.74, 6) is -1.67. The van der Waals surface area contributed by atoms with Gasteiger partial charge >= 0.3 is 11.9 Å². The van der Waals surface area contributed by atoms with Crippen molar-refractivity contribution >= 4 is 11.9 Å². The van der Waals surface area contributed by atoms with Gasteiger partial charge in [0.05, 0.1) is 18.1 Å². The normalized spacial score (nSPS) is 52.3. The molecule has 56 heavy (non-hydrogen) atoms. The molecule has 5 aliphatic carbocycles. The number of rotatable bonds is 6. The summed E-state index contributed by atoms with van der Waals surface area (Å²) in [5.41, 5.74) is -0.280. The molecule has 2 saturated heterocycles. The molecule has 0 aromatic heterocycles. The number of ether oxygens (including phenoxy) is 4. The lowest BCUT2D eigenvalue weighted by Crippen LogP contribution is -2.66. The zero-order valence-corrected chi connectivity index (χ0v) is 34.0. The first-order valence-electron chi connectivity index (χ1n) is 20.8. The van der Waals surface area contributed by atoms with Crippen molar-refractivity contribution in [2.45, 2.75) is 180 Å². The Hall–Kier alpha value is -1.72. The van der Waals surface area contributed by atoms with Crippen molar-refractivity contribution in [2.75, 3.05) is 6.61 Å². The van der Waals surface area contributed by atoms with Crippen molar-refractivity contribution in [1.29, 1.82) is 0 Å². The number of esters is 1. The van der Waals surface area contributed by atoms with E-state index in [2.05, 4.69) is 54.5 Å². The van der Waals surface area contributed by atoms with E-state index in [1.807, 2.05) is 0 Å². The molecule has 0 radical (unpaired) electrons. The molecule has 18 atom stereocenters. The third-order valence-electron chi connectivity index (χ3n) is 17.2. The lowest BCUT2D eigenvalue weighted by molar-refractivity contribution is -0.360. The molecule has 0 spiro atoms. The summed E-state index contributed by atoms with van der Waals surface area (Å²) in [4.78, 5) is 27.2. The fourth-order valence-corrected chi connectivity index (χ4v) is 13.4. The number of carbonyl (C=O) groups excluding carboxylic acids is 1. The summed E-state index contributed by atoms with van der Waals surface area (Å²) in [6.07, 6.45) is -8.37. The second-order valence-corrected chi connectivity index (χ2v) is 20.7. The monoisotopic (exact) mass is 794 g/mol. The molecule has 8 N–H and O–H groups in total. The summed E-state index contributed by atoms with van der Waals surface area (Å²) in [5, 5.41) is 84.2. The number of aliphatic carboxylic acids is 1. The summed E-state index contributed by atoms with van der Waals surface area (Å²) < 4.78 is 23.2. The number of carboxylic acid groups (broad SMARTS) is 1. The highest BCUT2D eigenvalue weighted by Crippen LogP contribution is 2.76. The van der Waals surface area contributed by atoms with Crippen LogP contribution in [-0.4, -0.2) is 127 Å². The van der Waals surface area contributed by atoms with E-state index in [0.29, 0.717) is 24.7 Å². The molecule has 0 unspecified atom stereocenters. The van der Waals surface area contributed by atoms with Crippen LogP contribution in [0.1, 0.15) is 113 Å². The number of aliphatic hydroxyl groups is 7. The smallest absolute Gasteiger partial charge is 0.335 e. The first-order chi connectivity index (χ1) is 26.0. The molecule has 0 amide bonds. The van der Waals surface area contributed by atoms with Crippen LogP contribution in [-0.2, 0) is 28.5 Å². The Labute approximate surface area is 329 Å². The molecule has 0 bridgehead atoms. The molecule has 7 aliphatic rings. The van der Waals surface area contributed by atoms with E-state index < -0.39 is 85.4 Å². The molecule has 14 heteroatoms. The topological polar surface area (TPSA) is 233 Å². The van der Waals surface area contributed by atoms with Crippen molar-refractivity contribution in [2.24, 2.45) is 50.2 Å². The number of fused-ring (bicyclic) bond motifs is 7. The lowest BCUT2D eigenvalue weighted by Gasteiger charge is -2.71. The van der Waals surface area contributed by atoms with Gasteiger partial charge < -0.3 is 59.8 Å². The van der Waals surface area contributed by atoms with Crippen LogP contribution in [0.4, 0.5) is 0 Å². The van der Waals surface area contributed by atoms with Crippen molar-refractivity contribution in [3.05, 3.63) is 11.6 Å². The van der Waals surface area contributed by atoms with E-state index in [0.717, 1.165) is 51.4 Å². The van der Waals surface area contributed by atoms with Gasteiger partial charge in [-0.15, -0.1) is 0 Å². The fraction of sp³-hybridized carbons (Fsp3) is 0.905. The Bertz CT molecular complexity index is 1560. The van der Waals surface area contributed by atoms with Gasteiger partial charge in [-0.05, 0) is 109 Å². The van der Waals surface area contributed by atoms with Gasteiger partial charge in [-0.2, -0.15) is 0 Å². The van der Waals surface area contributed by atoms with Crippen LogP contribution < -0.4 is 0 Å². The van der Waals surface area contributed by atoms with Gasteiger partial charge in [-0.25, -0.2) is 4.79 Å². The number of hydrogen-bond acceptors (Lipinski definition) is 13. The van der Waals surface area contributed by atoms with Crippen LogP contribution in [0, 0.1) is 50.2 Å². The van der Waals surface area contributed by atoms with Crippen molar-refractivity contribution in [3.8, 4) is 0 Å². The SMILES string of the molecule is CC1(C)CC[C@]2(C(=O)O[C@@H]3O[C@H](C(=O)O)[C@@H](O)[C@H](O)[C@H]3O[C@@H]3O[C@H](CO)[C@@H](O)[C@H](O)[C@H]3O)CC[C@]3(C)C(=CC[C@@H]4[C@@]5(C)CC[C@H](O)C(C)(C)[C@@H]5CC[C@]43C)[C@@H]2C1. The molecule has 14 nitrogen and oxygen atoms in total. The van der Waals surface area contributed by atoms with Gasteiger partial charge in [0.1, 0.15) is 36.6 Å². The molecule has 2 aliphatic heterocycles. The molecule has 0 aromatic carbocycles. The van der Waals surface area contributed by atoms with Gasteiger partial charge in [-0.3, -0.25) is 4.79 Å². The molecular weight excluding hydrogens is 728 g/mol. The average molecular weight is 795 g/mol. The number of carbonyl (C=O) groups is 2. The van der Waals surface area contributed by atoms with E-state index in [1.165, 1.54) is 5.57 Å². The standard InChI is InChI=1S/C42H66O14/c1-37(2)14-16-42(36(52)56-35-32(29(48)28(47)31(54-35)33(50)51)55-34-30(49)27(46)26(45)22(19-43)53-34)17-15-40(6)20(21(42)18-37)8-9-24-39(5)12-11-25(44)38(3,4)23(39)10-13-41(24,40)7/h8,21-32,34-35,43-49H,9-19H2,1-7H3,(H,50,51)/t21-,22+,23-,24+,25-,26+,27-,28-,29-,30+,31-,32+,34-,35-,39-,40+,41+,42-/m0/s1. The maximum Gasteiger partial charge on any atom is 0.335 e. The third-order valence-corrected chi connectivity index (χ3v) is 17.2. The Morgan fingerprint density at radius 2 is 1.45 bits per heavy atom. The molecular formula is C42H66O14. The first-order valence-corrected chi connectivity index (χ1v) is 20.8. The van der Waals surface area contributed by atoms with Crippen molar-refractivity contribution in [3.63, 3.8) is 0 Å². The van der Waals surface area contributed by atoms with Gasteiger partial charge in [-0.1, -0.05) is 60.1 Å². The zero-order valence-electron chi connectivity index (χ0n) is 34.0. The van der Waals surface area contributed by atoms with Crippen LogP contribution in [0.2, 0.25) is 0 Å². The van der Waals surface area contributed by atoms with Crippen LogP contribution in [0.3, 0.4) is 0 Å². The Morgan fingerprint density at radius 1 is 0.768 bits per heavy atom. The van der Waals surface area contributed by atoms with Gasteiger partial charge in [0, 0.05) is 0 Å². The van der Waals surface area contributed by atoms with Crippen LogP contribution in [0.25, 0.3) is 0 Å². The predicted molar refractivity (Wildman–Crippen MR) is 198 cm³/mol. The molecule has 7 rings (SSSR count). The van der Waals surface area contributed by atoms with Crippen molar-refractivity contribution < 1.29 is 69.4 Å². The Kier molecular flexibility index (Phi) is 10.8. The molecule has 0 aromatic rings. The van der Waals surface area contributed by atoms with Crippen LogP contribution in [0.5, 0.6) is 0 Å². The number of aliphatic hydroxyl groups excluding tert-OH is 7. The zero-order chi connectivity index (χ0) is 41.1.